The van der Waals surface area contributed by atoms with Crippen molar-refractivity contribution in [3.63, 3.8) is 0 Å². The molecule has 5 rings (SSSR count). The van der Waals surface area contributed by atoms with E-state index in [9.17, 15) is 4.79 Å². The fourth-order valence-corrected chi connectivity index (χ4v) is 5.26. The van der Waals surface area contributed by atoms with E-state index in [1.54, 1.807) is 11.3 Å². The molecule has 0 aliphatic carbocycles. The molecule has 0 N–H and O–H groups in total. The molecule has 0 bridgehead atoms. The smallest absolute Gasteiger partial charge is 0.283 e. The second-order valence-corrected chi connectivity index (χ2v) is 8.71. The molecule has 0 fully saturated rings. The maximum absolute atomic E-state index is 13.2. The first-order chi connectivity index (χ1) is 13.7. The maximum atomic E-state index is 13.2. The molecule has 0 spiro atoms. The lowest BCUT2D eigenvalue weighted by Crippen LogP contribution is -2.38. The number of thiazole rings is 1. The number of carbonyl (C=O) groups is 1. The van der Waals surface area contributed by atoms with Crippen LogP contribution in [-0.4, -0.2) is 32.1 Å². The molecule has 5 nitrogen and oxygen atoms in total. The lowest BCUT2D eigenvalue weighted by Gasteiger charge is -2.34. The number of aromatic nitrogens is 3. The Hall–Kier alpha value is -2.77. The topological polar surface area (TPSA) is 51.0 Å². The molecule has 28 heavy (non-hydrogen) atoms. The second kappa shape index (κ2) is 7.00. The van der Waals surface area contributed by atoms with Gasteiger partial charge in [0.05, 0.1) is 16.8 Å². The molecule has 4 aromatic rings. The van der Waals surface area contributed by atoms with Gasteiger partial charge < -0.3 is 4.90 Å². The molecule has 1 amide bonds. The normalized spacial score (nSPS) is 16.2. The molecule has 3 aromatic heterocycles. The number of hydrogen-bond donors (Lipinski definition) is 0. The third-order valence-corrected chi connectivity index (χ3v) is 6.79. The summed E-state index contributed by atoms with van der Waals surface area (Å²) in [4.78, 5) is 20.8. The van der Waals surface area contributed by atoms with Gasteiger partial charge in [-0.15, -0.1) is 22.7 Å². The summed E-state index contributed by atoms with van der Waals surface area (Å²) in [5.41, 5.74) is 4.47. The number of thiophene rings is 1. The van der Waals surface area contributed by atoms with Crippen molar-refractivity contribution in [3.05, 3.63) is 81.2 Å². The predicted octanol–water partition coefficient (Wildman–Crippen LogP) is 4.39. The minimum absolute atomic E-state index is 0.00352. The van der Waals surface area contributed by atoms with Crippen LogP contribution in [0.2, 0.25) is 0 Å². The molecule has 4 heterocycles. The van der Waals surface area contributed by atoms with Gasteiger partial charge >= 0.3 is 0 Å². The van der Waals surface area contributed by atoms with Gasteiger partial charge in [0.15, 0.2) is 5.01 Å². The Balaban J connectivity index is 1.47. The van der Waals surface area contributed by atoms with Crippen LogP contribution in [0.1, 0.15) is 32.4 Å². The third-order valence-electron chi connectivity index (χ3n) is 5.07. The summed E-state index contributed by atoms with van der Waals surface area (Å²) in [6.45, 7) is 1.25. The van der Waals surface area contributed by atoms with Gasteiger partial charge in [0.1, 0.15) is 0 Å². The van der Waals surface area contributed by atoms with Crippen LogP contribution >= 0.6 is 22.7 Å². The van der Waals surface area contributed by atoms with Crippen LogP contribution < -0.4 is 0 Å². The van der Waals surface area contributed by atoms with Crippen molar-refractivity contribution in [2.24, 2.45) is 7.05 Å². The van der Waals surface area contributed by atoms with E-state index in [-0.39, 0.29) is 11.8 Å². The van der Waals surface area contributed by atoms with E-state index in [2.05, 4.69) is 28.3 Å². The van der Waals surface area contributed by atoms with Crippen LogP contribution in [-0.2, 0) is 13.6 Å². The number of carbonyl (C=O) groups excluding carboxylic acids is 1. The highest BCUT2D eigenvalue weighted by Gasteiger charge is 2.31. The molecular weight excluding hydrogens is 388 g/mol. The SMILES string of the molecule is Cn1cc([C@@H]2CN(C(=O)c3nc(-c4cccs4)cs3)Cc3ccccc32)cn1. The van der Waals surface area contributed by atoms with E-state index in [1.807, 2.05) is 58.0 Å². The minimum Gasteiger partial charge on any atom is -0.331 e. The molecule has 1 aromatic carbocycles. The van der Waals surface area contributed by atoms with E-state index in [0.717, 1.165) is 16.1 Å². The number of amides is 1. The molecular formula is C21H18N4OS2. The van der Waals surface area contributed by atoms with Gasteiger partial charge in [0, 0.05) is 37.6 Å². The highest BCUT2D eigenvalue weighted by Crippen LogP contribution is 2.34. The van der Waals surface area contributed by atoms with Gasteiger partial charge in [0.25, 0.3) is 5.91 Å². The maximum Gasteiger partial charge on any atom is 0.283 e. The molecule has 1 aliphatic heterocycles. The first-order valence-corrected chi connectivity index (χ1v) is 10.8. The number of nitrogens with zero attached hydrogens (tertiary/aromatic N) is 4. The Bertz CT molecular complexity index is 1130. The zero-order valence-corrected chi connectivity index (χ0v) is 16.9. The summed E-state index contributed by atoms with van der Waals surface area (Å²) >= 11 is 3.06. The zero-order valence-electron chi connectivity index (χ0n) is 15.3. The molecule has 0 saturated heterocycles. The average molecular weight is 407 g/mol. The van der Waals surface area contributed by atoms with Crippen molar-refractivity contribution in [1.29, 1.82) is 0 Å². The molecule has 140 valence electrons. The molecule has 0 radical (unpaired) electrons. The van der Waals surface area contributed by atoms with Crippen molar-refractivity contribution < 1.29 is 4.79 Å². The van der Waals surface area contributed by atoms with Crippen molar-refractivity contribution in [3.8, 4) is 10.6 Å². The summed E-state index contributed by atoms with van der Waals surface area (Å²) in [7, 11) is 1.92. The van der Waals surface area contributed by atoms with Crippen molar-refractivity contribution in [2.75, 3.05) is 6.54 Å². The van der Waals surface area contributed by atoms with E-state index in [0.29, 0.717) is 18.1 Å². The summed E-state index contributed by atoms with van der Waals surface area (Å²) in [6, 6.07) is 12.4. The summed E-state index contributed by atoms with van der Waals surface area (Å²) in [5, 5.41) is 8.87. The average Bonchev–Trinajstić information content (AvgIpc) is 3.47. The lowest BCUT2D eigenvalue weighted by atomic mass is 9.86. The van der Waals surface area contributed by atoms with E-state index in [1.165, 1.54) is 22.5 Å². The van der Waals surface area contributed by atoms with Crippen LogP contribution in [0.3, 0.4) is 0 Å². The lowest BCUT2D eigenvalue weighted by molar-refractivity contribution is 0.0724. The number of benzene rings is 1. The third kappa shape index (κ3) is 3.06. The number of aryl methyl sites for hydroxylation is 1. The largest absolute Gasteiger partial charge is 0.331 e. The number of hydrogen-bond acceptors (Lipinski definition) is 5. The summed E-state index contributed by atoms with van der Waals surface area (Å²) < 4.78 is 1.81. The second-order valence-electron chi connectivity index (χ2n) is 6.90. The quantitative estimate of drug-likeness (QED) is 0.507. The van der Waals surface area contributed by atoms with E-state index < -0.39 is 0 Å². The van der Waals surface area contributed by atoms with Crippen LogP contribution in [0.4, 0.5) is 0 Å². The highest BCUT2D eigenvalue weighted by molar-refractivity contribution is 7.15. The summed E-state index contributed by atoms with van der Waals surface area (Å²) in [5.74, 6) is 0.121. The highest BCUT2D eigenvalue weighted by atomic mass is 32.1. The Morgan fingerprint density at radius 1 is 1.18 bits per heavy atom. The van der Waals surface area contributed by atoms with Crippen LogP contribution in [0.5, 0.6) is 0 Å². The Morgan fingerprint density at radius 2 is 2.07 bits per heavy atom. The van der Waals surface area contributed by atoms with Crippen molar-refractivity contribution >= 4 is 28.6 Å². The Morgan fingerprint density at radius 3 is 2.86 bits per heavy atom. The number of rotatable bonds is 3. The predicted molar refractivity (Wildman–Crippen MR) is 112 cm³/mol. The fourth-order valence-electron chi connectivity index (χ4n) is 3.71. The molecule has 1 aliphatic rings. The van der Waals surface area contributed by atoms with E-state index in [4.69, 9.17) is 0 Å². The van der Waals surface area contributed by atoms with Gasteiger partial charge in [0.2, 0.25) is 0 Å². The van der Waals surface area contributed by atoms with Gasteiger partial charge in [-0.3, -0.25) is 9.48 Å². The first-order valence-electron chi connectivity index (χ1n) is 9.04. The van der Waals surface area contributed by atoms with Crippen molar-refractivity contribution in [1.82, 2.24) is 19.7 Å². The minimum atomic E-state index is -0.00352. The van der Waals surface area contributed by atoms with Crippen LogP contribution in [0, 0.1) is 0 Å². The zero-order chi connectivity index (χ0) is 19.1. The van der Waals surface area contributed by atoms with Gasteiger partial charge in [-0.1, -0.05) is 30.3 Å². The number of fused-ring (bicyclic) bond motifs is 1. The van der Waals surface area contributed by atoms with Crippen LogP contribution in [0.15, 0.2) is 59.6 Å². The van der Waals surface area contributed by atoms with Gasteiger partial charge in [-0.05, 0) is 28.1 Å². The molecule has 0 saturated carbocycles. The Kier molecular flexibility index (Phi) is 4.33. The van der Waals surface area contributed by atoms with Gasteiger partial charge in [-0.25, -0.2) is 4.98 Å². The molecule has 1 atom stereocenters. The van der Waals surface area contributed by atoms with Crippen LogP contribution in [0.25, 0.3) is 10.6 Å². The monoisotopic (exact) mass is 406 g/mol. The molecule has 7 heteroatoms. The molecule has 0 unspecified atom stereocenters. The fraction of sp³-hybridized carbons (Fsp3) is 0.190. The Labute approximate surface area is 170 Å². The van der Waals surface area contributed by atoms with Crippen molar-refractivity contribution in [2.45, 2.75) is 12.5 Å². The van der Waals surface area contributed by atoms with E-state index >= 15 is 0 Å². The van der Waals surface area contributed by atoms with Gasteiger partial charge in [-0.2, -0.15) is 5.10 Å². The standard InChI is InChI=1S/C21H18N4OS2/c1-24-10-15(9-22-24)17-12-25(11-14-5-2-3-6-16(14)17)21(26)20-23-18(13-28-20)19-7-4-8-27-19/h2-10,13,17H,11-12H2,1H3/t17-/m0/s1. The first kappa shape index (κ1) is 17.3. The summed E-state index contributed by atoms with van der Waals surface area (Å²) in [6.07, 6.45) is 3.93.